The van der Waals surface area contributed by atoms with Crippen LogP contribution in [0.15, 0.2) is 47.9 Å². The highest BCUT2D eigenvalue weighted by Crippen LogP contribution is 2.33. The topological polar surface area (TPSA) is 67.2 Å². The Hall–Kier alpha value is -2.16. The lowest BCUT2D eigenvalue weighted by Crippen LogP contribution is -2.31. The molecule has 2 heterocycles. The normalized spacial score (nSPS) is 15.3. The summed E-state index contributed by atoms with van der Waals surface area (Å²) in [6, 6.07) is 7.34. The van der Waals surface area contributed by atoms with E-state index in [9.17, 15) is 9.59 Å². The zero-order chi connectivity index (χ0) is 20.6. The van der Waals surface area contributed by atoms with Gasteiger partial charge in [0.05, 0.1) is 11.2 Å². The van der Waals surface area contributed by atoms with Crippen molar-refractivity contribution in [2.24, 2.45) is 0 Å². The van der Waals surface area contributed by atoms with Gasteiger partial charge in [0, 0.05) is 43.5 Å². The third kappa shape index (κ3) is 6.16. The summed E-state index contributed by atoms with van der Waals surface area (Å²) in [5.74, 6) is -0.159. The molecule has 1 aromatic carbocycles. The molecule has 1 aliphatic rings. The standard InChI is InChI=1S/C20H21ClN4O2S2/c21-16-6-2-1-5-15(16)13-17-19(27)25(20(28)29-17)11-3-7-18(26)23-8-4-10-24-12-9-22-14-24/h1-2,5-6,9,12-14H,3-4,7-8,10-11H2,(H,23,26)/b17-13-. The molecule has 1 N–H and O–H groups in total. The fourth-order valence-electron chi connectivity index (χ4n) is 2.82. The molecule has 1 saturated heterocycles. The fraction of sp³-hybridized carbons (Fsp3) is 0.300. The lowest BCUT2D eigenvalue weighted by atomic mass is 10.2. The number of halogens is 1. The number of hydrogen-bond acceptors (Lipinski definition) is 5. The number of amides is 2. The van der Waals surface area contributed by atoms with E-state index in [1.54, 1.807) is 29.6 Å². The van der Waals surface area contributed by atoms with Crippen molar-refractivity contribution in [1.29, 1.82) is 0 Å². The molecule has 2 amide bonds. The van der Waals surface area contributed by atoms with Crippen LogP contribution in [0, 0.1) is 0 Å². The summed E-state index contributed by atoms with van der Waals surface area (Å²) in [5, 5.41) is 3.49. The van der Waals surface area contributed by atoms with Crippen LogP contribution >= 0.6 is 35.6 Å². The predicted octanol–water partition coefficient (Wildman–Crippen LogP) is 3.72. The van der Waals surface area contributed by atoms with Crippen molar-refractivity contribution in [1.82, 2.24) is 19.8 Å². The average molecular weight is 449 g/mol. The van der Waals surface area contributed by atoms with Gasteiger partial charge in [0.2, 0.25) is 5.91 Å². The summed E-state index contributed by atoms with van der Waals surface area (Å²) in [6.07, 6.45) is 8.88. The number of carbonyl (C=O) groups excluding carboxylic acids is 2. The number of thioether (sulfide) groups is 1. The molecule has 0 saturated carbocycles. The lowest BCUT2D eigenvalue weighted by molar-refractivity contribution is -0.124. The van der Waals surface area contributed by atoms with Gasteiger partial charge >= 0.3 is 0 Å². The molecule has 0 aliphatic carbocycles. The van der Waals surface area contributed by atoms with Crippen LogP contribution in [-0.2, 0) is 16.1 Å². The molecular formula is C20H21ClN4O2S2. The number of nitrogens with one attached hydrogen (secondary N) is 1. The van der Waals surface area contributed by atoms with E-state index < -0.39 is 0 Å². The van der Waals surface area contributed by atoms with Gasteiger partial charge in [-0.3, -0.25) is 14.5 Å². The molecule has 1 fully saturated rings. The van der Waals surface area contributed by atoms with Crippen molar-refractivity contribution < 1.29 is 9.59 Å². The minimum absolute atomic E-state index is 0.0207. The molecule has 1 aromatic heterocycles. The highest BCUT2D eigenvalue weighted by atomic mass is 35.5. The smallest absolute Gasteiger partial charge is 0.266 e. The van der Waals surface area contributed by atoms with E-state index in [4.69, 9.17) is 23.8 Å². The summed E-state index contributed by atoms with van der Waals surface area (Å²) in [5.41, 5.74) is 0.782. The number of aryl methyl sites for hydroxylation is 1. The van der Waals surface area contributed by atoms with Gasteiger partial charge in [-0.2, -0.15) is 0 Å². The van der Waals surface area contributed by atoms with Crippen LogP contribution in [0.2, 0.25) is 5.02 Å². The number of aromatic nitrogens is 2. The van der Waals surface area contributed by atoms with Crippen molar-refractivity contribution in [2.45, 2.75) is 25.8 Å². The molecule has 1 aliphatic heterocycles. The lowest BCUT2D eigenvalue weighted by Gasteiger charge is -2.14. The number of benzene rings is 1. The Kier molecular flexibility index (Phi) is 7.85. The average Bonchev–Trinajstić information content (AvgIpc) is 3.31. The van der Waals surface area contributed by atoms with Crippen LogP contribution in [0.25, 0.3) is 6.08 Å². The monoisotopic (exact) mass is 448 g/mol. The maximum absolute atomic E-state index is 12.6. The van der Waals surface area contributed by atoms with Gasteiger partial charge in [-0.25, -0.2) is 4.98 Å². The number of hydrogen-bond donors (Lipinski definition) is 1. The van der Waals surface area contributed by atoms with Gasteiger partial charge in [-0.1, -0.05) is 53.8 Å². The minimum Gasteiger partial charge on any atom is -0.356 e. The summed E-state index contributed by atoms with van der Waals surface area (Å²) in [6.45, 7) is 1.85. The SMILES string of the molecule is O=C(CCCN1C(=O)/C(=C/c2ccccc2Cl)SC1=S)NCCCn1ccnc1. The van der Waals surface area contributed by atoms with Crippen LogP contribution in [0.5, 0.6) is 0 Å². The van der Waals surface area contributed by atoms with E-state index >= 15 is 0 Å². The Morgan fingerprint density at radius 2 is 2.10 bits per heavy atom. The summed E-state index contributed by atoms with van der Waals surface area (Å²) in [4.78, 5) is 30.7. The molecule has 152 valence electrons. The number of imidazole rings is 1. The molecule has 3 rings (SSSR count). The second kappa shape index (κ2) is 10.6. The van der Waals surface area contributed by atoms with E-state index in [1.807, 2.05) is 29.0 Å². The van der Waals surface area contributed by atoms with Crippen LogP contribution in [0.1, 0.15) is 24.8 Å². The first-order valence-corrected chi connectivity index (χ1v) is 10.9. The molecule has 0 atom stereocenters. The first-order valence-electron chi connectivity index (χ1n) is 9.27. The van der Waals surface area contributed by atoms with E-state index in [1.165, 1.54) is 11.8 Å². The number of carbonyl (C=O) groups is 2. The zero-order valence-corrected chi connectivity index (χ0v) is 18.1. The first kappa shape index (κ1) is 21.5. The molecule has 0 spiro atoms. The van der Waals surface area contributed by atoms with Crippen molar-refractivity contribution in [3.05, 3.63) is 58.5 Å². The Balaban J connectivity index is 1.41. The minimum atomic E-state index is -0.138. The Morgan fingerprint density at radius 3 is 2.86 bits per heavy atom. The predicted molar refractivity (Wildman–Crippen MR) is 120 cm³/mol. The van der Waals surface area contributed by atoms with E-state index in [0.29, 0.717) is 40.2 Å². The Morgan fingerprint density at radius 1 is 1.28 bits per heavy atom. The summed E-state index contributed by atoms with van der Waals surface area (Å²) >= 11 is 12.8. The maximum atomic E-state index is 12.6. The highest BCUT2D eigenvalue weighted by molar-refractivity contribution is 8.26. The van der Waals surface area contributed by atoms with Gasteiger partial charge in [-0.05, 0) is 30.5 Å². The van der Waals surface area contributed by atoms with Gasteiger partial charge in [-0.15, -0.1) is 0 Å². The van der Waals surface area contributed by atoms with Crippen molar-refractivity contribution in [3.63, 3.8) is 0 Å². The van der Waals surface area contributed by atoms with Crippen molar-refractivity contribution in [2.75, 3.05) is 13.1 Å². The Bertz CT molecular complexity index is 915. The van der Waals surface area contributed by atoms with Crippen LogP contribution in [-0.4, -0.2) is 43.7 Å². The third-order valence-corrected chi connectivity index (χ3v) is 6.05. The number of rotatable bonds is 9. The molecule has 0 bridgehead atoms. The van der Waals surface area contributed by atoms with E-state index in [0.717, 1.165) is 18.5 Å². The number of nitrogens with zero attached hydrogens (tertiary/aromatic N) is 3. The van der Waals surface area contributed by atoms with Crippen LogP contribution < -0.4 is 5.32 Å². The second-order valence-corrected chi connectivity index (χ2v) is 8.55. The van der Waals surface area contributed by atoms with Crippen molar-refractivity contribution in [3.8, 4) is 0 Å². The third-order valence-electron chi connectivity index (χ3n) is 4.33. The molecule has 0 radical (unpaired) electrons. The van der Waals surface area contributed by atoms with E-state index in [2.05, 4.69) is 10.3 Å². The first-order chi connectivity index (χ1) is 14.0. The second-order valence-electron chi connectivity index (χ2n) is 6.46. The zero-order valence-electron chi connectivity index (χ0n) is 15.7. The highest BCUT2D eigenvalue weighted by Gasteiger charge is 2.31. The van der Waals surface area contributed by atoms with Gasteiger partial charge in [0.15, 0.2) is 0 Å². The molecule has 29 heavy (non-hydrogen) atoms. The molecule has 9 heteroatoms. The molecular weight excluding hydrogens is 428 g/mol. The summed E-state index contributed by atoms with van der Waals surface area (Å²) < 4.78 is 2.48. The quantitative estimate of drug-likeness (QED) is 0.359. The van der Waals surface area contributed by atoms with Crippen LogP contribution in [0.3, 0.4) is 0 Å². The molecule has 0 unspecified atom stereocenters. The number of thiocarbonyl (C=S) groups is 1. The molecule has 6 nitrogen and oxygen atoms in total. The summed E-state index contributed by atoms with van der Waals surface area (Å²) in [7, 11) is 0. The Labute approximate surface area is 184 Å². The van der Waals surface area contributed by atoms with Crippen LogP contribution in [0.4, 0.5) is 0 Å². The van der Waals surface area contributed by atoms with Gasteiger partial charge < -0.3 is 9.88 Å². The van der Waals surface area contributed by atoms with Gasteiger partial charge in [0.1, 0.15) is 4.32 Å². The van der Waals surface area contributed by atoms with Gasteiger partial charge in [0.25, 0.3) is 5.91 Å². The fourth-order valence-corrected chi connectivity index (χ4v) is 4.31. The largest absolute Gasteiger partial charge is 0.356 e. The molecule has 2 aromatic rings. The van der Waals surface area contributed by atoms with E-state index in [-0.39, 0.29) is 11.8 Å². The maximum Gasteiger partial charge on any atom is 0.266 e. The van der Waals surface area contributed by atoms with Crippen molar-refractivity contribution >= 4 is 57.8 Å².